The van der Waals surface area contributed by atoms with Crippen LogP contribution in [0.15, 0.2) is 42.0 Å². The molecule has 2 aromatic rings. The normalized spacial score (nSPS) is 16.7. The van der Waals surface area contributed by atoms with E-state index >= 15 is 0 Å². The molecule has 2 aromatic carbocycles. The van der Waals surface area contributed by atoms with Gasteiger partial charge in [0.15, 0.2) is 5.78 Å². The van der Waals surface area contributed by atoms with Gasteiger partial charge in [-0.2, -0.15) is 0 Å². The van der Waals surface area contributed by atoms with Crippen LogP contribution < -0.4 is 4.74 Å². The summed E-state index contributed by atoms with van der Waals surface area (Å²) in [5, 5.41) is 0.718. The third-order valence-electron chi connectivity index (χ3n) is 6.47. The first-order valence-corrected chi connectivity index (χ1v) is 10.8. The lowest BCUT2D eigenvalue weighted by atomic mass is 9.68. The highest BCUT2D eigenvalue weighted by Gasteiger charge is 2.42. The van der Waals surface area contributed by atoms with Crippen molar-refractivity contribution in [2.75, 3.05) is 26.2 Å². The molecule has 0 aromatic heterocycles. The number of rotatable bonds is 6. The number of benzene rings is 2. The van der Waals surface area contributed by atoms with Crippen LogP contribution in [0.5, 0.6) is 5.75 Å². The fourth-order valence-corrected chi connectivity index (χ4v) is 4.84. The zero-order valence-corrected chi connectivity index (χ0v) is 18.4. The number of ketones is 1. The Morgan fingerprint density at radius 3 is 2.52 bits per heavy atom. The third-order valence-corrected chi connectivity index (χ3v) is 6.70. The Balaban J connectivity index is 1.65. The summed E-state index contributed by atoms with van der Waals surface area (Å²) in [5.74, 6) is 0.949. The van der Waals surface area contributed by atoms with Gasteiger partial charge in [0.25, 0.3) is 0 Å². The second kappa shape index (κ2) is 7.62. The zero-order chi connectivity index (χ0) is 20.8. The molecule has 0 unspecified atom stereocenters. The molecule has 0 fully saturated rings. The van der Waals surface area contributed by atoms with Crippen molar-refractivity contribution in [3.63, 3.8) is 0 Å². The number of carbonyl (C=O) groups excluding carboxylic acids is 1. The van der Waals surface area contributed by atoms with Gasteiger partial charge in [-0.3, -0.25) is 4.79 Å². The van der Waals surface area contributed by atoms with Gasteiger partial charge in [0.2, 0.25) is 0 Å². The molecule has 0 aliphatic heterocycles. The van der Waals surface area contributed by atoms with Gasteiger partial charge >= 0.3 is 0 Å². The molecule has 4 heteroatoms. The van der Waals surface area contributed by atoms with Crippen molar-refractivity contribution in [1.29, 1.82) is 0 Å². The summed E-state index contributed by atoms with van der Waals surface area (Å²) in [4.78, 5) is 15.7. The van der Waals surface area contributed by atoms with Crippen molar-refractivity contribution < 1.29 is 9.53 Å². The van der Waals surface area contributed by atoms with Crippen molar-refractivity contribution in [2.45, 2.75) is 39.5 Å². The topological polar surface area (TPSA) is 29.5 Å². The van der Waals surface area contributed by atoms with Crippen molar-refractivity contribution in [3.05, 3.63) is 69.2 Å². The Labute approximate surface area is 178 Å². The lowest BCUT2D eigenvalue weighted by molar-refractivity contribution is 0.105. The minimum absolute atomic E-state index is 0.116. The molecule has 0 saturated heterocycles. The monoisotopic (exact) mass is 409 g/mol. The largest absolute Gasteiger partial charge is 0.492 e. The van der Waals surface area contributed by atoms with E-state index in [1.165, 1.54) is 5.57 Å². The molecule has 0 amide bonds. The number of halogens is 1. The summed E-state index contributed by atoms with van der Waals surface area (Å²) >= 11 is 6.21. The number of hydrogen-bond acceptors (Lipinski definition) is 3. The molecule has 2 aliphatic carbocycles. The Morgan fingerprint density at radius 1 is 1.07 bits per heavy atom. The fraction of sp³-hybridized carbons (Fsp3) is 0.400. The van der Waals surface area contributed by atoms with Crippen molar-refractivity contribution in [1.82, 2.24) is 4.90 Å². The quantitative estimate of drug-likeness (QED) is 0.626. The van der Waals surface area contributed by atoms with Crippen LogP contribution in [0, 0.1) is 0 Å². The van der Waals surface area contributed by atoms with Gasteiger partial charge in [0.05, 0.1) is 0 Å². The number of carbonyl (C=O) groups is 1. The smallest absolute Gasteiger partial charge is 0.193 e. The summed E-state index contributed by atoms with van der Waals surface area (Å²) in [5.41, 5.74) is 5.84. The summed E-state index contributed by atoms with van der Waals surface area (Å²) in [7, 11) is 0. The van der Waals surface area contributed by atoms with Gasteiger partial charge in [-0.05, 0) is 72.1 Å². The molecule has 0 heterocycles. The van der Waals surface area contributed by atoms with Crippen molar-refractivity contribution in [2.24, 2.45) is 0 Å². The first-order chi connectivity index (χ1) is 13.9. The van der Waals surface area contributed by atoms with E-state index in [1.54, 1.807) is 0 Å². The molecule has 0 spiro atoms. The van der Waals surface area contributed by atoms with Crippen LogP contribution in [-0.4, -0.2) is 36.9 Å². The summed E-state index contributed by atoms with van der Waals surface area (Å²) < 4.78 is 6.04. The van der Waals surface area contributed by atoms with Gasteiger partial charge in [0, 0.05) is 28.1 Å². The number of nitrogens with zero attached hydrogens (tertiary/aromatic N) is 1. The van der Waals surface area contributed by atoms with E-state index in [0.29, 0.717) is 6.61 Å². The second-order valence-electron chi connectivity index (χ2n) is 8.37. The lowest BCUT2D eigenvalue weighted by Crippen LogP contribution is -2.30. The number of likely N-dealkylation sites (N-methyl/N-ethyl adjacent to an activating group) is 1. The predicted molar refractivity (Wildman–Crippen MR) is 119 cm³/mol. The van der Waals surface area contributed by atoms with Crippen LogP contribution in [-0.2, 0) is 11.8 Å². The van der Waals surface area contributed by atoms with Crippen LogP contribution in [0.1, 0.15) is 54.7 Å². The molecule has 0 saturated carbocycles. The van der Waals surface area contributed by atoms with E-state index < -0.39 is 0 Å². The molecule has 2 aliphatic rings. The molecule has 3 nitrogen and oxygen atoms in total. The van der Waals surface area contributed by atoms with Gasteiger partial charge in [0.1, 0.15) is 12.4 Å². The van der Waals surface area contributed by atoms with Crippen LogP contribution in [0.2, 0.25) is 5.02 Å². The Morgan fingerprint density at radius 2 is 1.79 bits per heavy atom. The Kier molecular flexibility index (Phi) is 5.30. The molecule has 0 bridgehead atoms. The van der Waals surface area contributed by atoms with Crippen molar-refractivity contribution >= 4 is 23.0 Å². The van der Waals surface area contributed by atoms with E-state index in [2.05, 4.69) is 38.7 Å². The Bertz CT molecular complexity index is 1000. The average molecular weight is 410 g/mol. The number of fused-ring (bicyclic) bond motifs is 3. The van der Waals surface area contributed by atoms with Gasteiger partial charge in [-0.25, -0.2) is 0 Å². The highest BCUT2D eigenvalue weighted by molar-refractivity contribution is 6.34. The number of ether oxygens (including phenoxy) is 1. The first kappa shape index (κ1) is 20.2. The molecule has 0 atom stereocenters. The maximum Gasteiger partial charge on any atom is 0.193 e. The maximum atomic E-state index is 13.4. The summed E-state index contributed by atoms with van der Waals surface area (Å²) in [6.07, 6.45) is 0.774. The van der Waals surface area contributed by atoms with E-state index in [-0.39, 0.29) is 11.2 Å². The van der Waals surface area contributed by atoms with Crippen LogP contribution in [0.25, 0.3) is 5.57 Å². The zero-order valence-electron chi connectivity index (χ0n) is 17.6. The van der Waals surface area contributed by atoms with Crippen LogP contribution in [0.3, 0.4) is 0 Å². The Hall–Kier alpha value is -2.10. The number of Topliss-reactive ketones (excluding diaryl/α,β-unsaturated/α-hetero) is 1. The maximum absolute atomic E-state index is 13.4. The second-order valence-corrected chi connectivity index (χ2v) is 8.81. The highest BCUT2D eigenvalue weighted by atomic mass is 35.5. The molecule has 0 N–H and O–H groups in total. The van der Waals surface area contributed by atoms with Gasteiger partial charge in [-0.1, -0.05) is 45.4 Å². The molecule has 152 valence electrons. The molecule has 4 rings (SSSR count). The van der Waals surface area contributed by atoms with Gasteiger partial charge in [-0.15, -0.1) is 0 Å². The fourth-order valence-electron chi connectivity index (χ4n) is 4.64. The van der Waals surface area contributed by atoms with Crippen LogP contribution >= 0.6 is 11.6 Å². The molecular weight excluding hydrogens is 382 g/mol. The number of allylic oxidation sites excluding steroid dienone is 2. The highest BCUT2D eigenvalue weighted by Crippen LogP contribution is 2.50. The van der Waals surface area contributed by atoms with Crippen molar-refractivity contribution in [3.8, 4) is 5.75 Å². The number of hydrogen-bond donors (Lipinski definition) is 0. The standard InChI is InChI=1S/C25H28ClNO2/c1-5-27(6-2)11-12-29-18-8-10-20-21(15-18)25(3,4)22-14-16-13-17(26)7-9-19(16)23(22)24(20)28/h7-10,13,15H,5-6,11-12,14H2,1-4H3. The van der Waals surface area contributed by atoms with Crippen LogP contribution in [0.4, 0.5) is 0 Å². The first-order valence-electron chi connectivity index (χ1n) is 10.4. The minimum Gasteiger partial charge on any atom is -0.492 e. The predicted octanol–water partition coefficient (Wildman–Crippen LogP) is 5.54. The SMILES string of the molecule is CCN(CC)CCOc1ccc2c(c1)C(C)(C)C1=C(C2=O)c2ccc(Cl)cc2C1. The molecule has 0 radical (unpaired) electrons. The van der Waals surface area contributed by atoms with E-state index in [4.69, 9.17) is 16.3 Å². The summed E-state index contributed by atoms with van der Waals surface area (Å²) in [6, 6.07) is 11.8. The molecule has 29 heavy (non-hydrogen) atoms. The third kappa shape index (κ3) is 3.41. The lowest BCUT2D eigenvalue weighted by Gasteiger charge is -2.34. The van der Waals surface area contributed by atoms with E-state index in [9.17, 15) is 4.79 Å². The van der Waals surface area contributed by atoms with E-state index in [0.717, 1.165) is 64.7 Å². The van der Waals surface area contributed by atoms with Gasteiger partial charge < -0.3 is 9.64 Å². The molecular formula is C25H28ClNO2. The van der Waals surface area contributed by atoms with E-state index in [1.807, 2.05) is 30.3 Å². The minimum atomic E-state index is -0.234. The average Bonchev–Trinajstić information content (AvgIpc) is 3.09. The summed E-state index contributed by atoms with van der Waals surface area (Å²) in [6.45, 7) is 12.3.